The number of nitrogens with zero attached hydrogens (tertiary/aromatic N) is 4. The number of fused-ring (bicyclic) bond motifs is 1. The first-order chi connectivity index (χ1) is 23.9. The zero-order chi connectivity index (χ0) is 36.4. The summed E-state index contributed by atoms with van der Waals surface area (Å²) in [6.45, 7) is 6.66. The van der Waals surface area contributed by atoms with E-state index >= 15 is 0 Å². The number of esters is 1. The highest BCUT2D eigenvalue weighted by Crippen LogP contribution is 2.31. The van der Waals surface area contributed by atoms with Crippen LogP contribution in [-0.2, 0) is 20.9 Å². The fourth-order valence-electron chi connectivity index (χ4n) is 4.82. The number of rotatable bonds is 11. The maximum atomic E-state index is 13.7. The molecule has 3 heterocycles. The summed E-state index contributed by atoms with van der Waals surface area (Å²) in [5, 5.41) is 11.3. The van der Waals surface area contributed by atoms with Crippen LogP contribution in [-0.4, -0.2) is 61.5 Å². The lowest BCUT2D eigenvalue weighted by Crippen LogP contribution is -2.34. The van der Waals surface area contributed by atoms with Crippen molar-refractivity contribution >= 4 is 34.6 Å². The number of nitrogens with one attached hydrogen (secondary N) is 1. The molecule has 50 heavy (non-hydrogen) atoms. The second kappa shape index (κ2) is 16.7. The van der Waals surface area contributed by atoms with Gasteiger partial charge in [-0.1, -0.05) is 24.3 Å². The largest absolute Gasteiger partial charge is 0.497 e. The average Bonchev–Trinajstić information content (AvgIpc) is 3.33. The van der Waals surface area contributed by atoms with E-state index in [1.807, 2.05) is 24.3 Å². The summed E-state index contributed by atoms with van der Waals surface area (Å²) in [4.78, 5) is 57.4. The Kier molecular flexibility index (Phi) is 12.2. The number of carbonyl (C=O) groups excluding carboxylic acids is 2. The molecule has 5 rings (SSSR count). The molecule has 260 valence electrons. The van der Waals surface area contributed by atoms with Gasteiger partial charge in [-0.25, -0.2) is 14.5 Å². The van der Waals surface area contributed by atoms with E-state index in [9.17, 15) is 19.2 Å². The number of carboxylic acids is 1. The zero-order valence-electron chi connectivity index (χ0n) is 28.2. The molecule has 3 aromatic heterocycles. The van der Waals surface area contributed by atoms with E-state index in [0.29, 0.717) is 34.1 Å². The van der Waals surface area contributed by atoms with Crippen LogP contribution in [0.2, 0.25) is 0 Å². The summed E-state index contributed by atoms with van der Waals surface area (Å²) in [7, 11) is 1.59. The van der Waals surface area contributed by atoms with Crippen LogP contribution in [0.5, 0.6) is 17.2 Å². The number of aromatic nitrogens is 4. The fourth-order valence-corrected chi connectivity index (χ4v) is 4.82. The van der Waals surface area contributed by atoms with Gasteiger partial charge in [0.05, 0.1) is 36.7 Å². The van der Waals surface area contributed by atoms with Crippen molar-refractivity contribution in [3.63, 3.8) is 0 Å². The standard InChI is InChI=1S/C32H32N6O6.C4H6O2/c1-19(43-32(41)20(2)33)18-37-21(3)29(31(40)38(37)22-8-6-5-7-9-22)30(39)36-28-13-11-24(17-35-28)44-27-14-15-34-26-16-23(42-4)10-12-25(26)27;1-2-3-4(5)6/h5-17,19-20H,18,33H2,1-4H3,(H,35,36,39);2-3H,1H3,(H,5,6)/b;3-2+/t19-,20+;/m1./s1. The predicted octanol–water partition coefficient (Wildman–Crippen LogP) is 4.87. The van der Waals surface area contributed by atoms with Crippen LogP contribution in [0, 0.1) is 6.92 Å². The number of allylic oxidation sites excluding steroid dienone is 1. The summed E-state index contributed by atoms with van der Waals surface area (Å²) in [5.74, 6) is -0.160. The molecule has 0 aliphatic carbocycles. The number of ether oxygens (including phenoxy) is 3. The lowest BCUT2D eigenvalue weighted by atomic mass is 10.2. The van der Waals surface area contributed by atoms with E-state index in [4.69, 9.17) is 25.1 Å². The third kappa shape index (κ3) is 8.99. The molecule has 4 N–H and O–H groups in total. The molecule has 0 saturated carbocycles. The third-order valence-electron chi connectivity index (χ3n) is 7.17. The Morgan fingerprint density at radius 2 is 1.74 bits per heavy atom. The van der Waals surface area contributed by atoms with Crippen molar-refractivity contribution in [1.82, 2.24) is 19.3 Å². The summed E-state index contributed by atoms with van der Waals surface area (Å²) < 4.78 is 19.7. The summed E-state index contributed by atoms with van der Waals surface area (Å²) in [6.07, 6.45) is 5.04. The van der Waals surface area contributed by atoms with Gasteiger partial charge in [0.25, 0.3) is 11.5 Å². The minimum atomic E-state index is -0.891. The monoisotopic (exact) mass is 682 g/mol. The lowest BCUT2D eigenvalue weighted by molar-refractivity contribution is -0.150. The number of carboxylic acid groups (broad SMARTS) is 1. The van der Waals surface area contributed by atoms with Crippen molar-refractivity contribution < 1.29 is 33.7 Å². The molecule has 14 heteroatoms. The Hall–Kier alpha value is -6.28. The van der Waals surface area contributed by atoms with Crippen LogP contribution in [0.4, 0.5) is 5.82 Å². The number of carbonyl (C=O) groups is 3. The number of para-hydroxylation sites is 1. The molecule has 0 fully saturated rings. The highest BCUT2D eigenvalue weighted by Gasteiger charge is 2.26. The number of benzene rings is 2. The number of hydrogen-bond acceptors (Lipinski definition) is 10. The fraction of sp³-hybridized carbons (Fsp3) is 0.222. The molecule has 0 aliphatic rings. The Bertz CT molecular complexity index is 2050. The van der Waals surface area contributed by atoms with Crippen molar-refractivity contribution in [2.24, 2.45) is 5.73 Å². The van der Waals surface area contributed by atoms with Gasteiger partial charge in [0.15, 0.2) is 0 Å². The van der Waals surface area contributed by atoms with Crippen molar-refractivity contribution in [2.45, 2.75) is 46.4 Å². The van der Waals surface area contributed by atoms with Gasteiger partial charge < -0.3 is 30.4 Å². The van der Waals surface area contributed by atoms with Gasteiger partial charge in [-0.15, -0.1) is 0 Å². The van der Waals surface area contributed by atoms with E-state index in [1.165, 1.54) is 23.9 Å². The number of methoxy groups -OCH3 is 1. The zero-order valence-corrected chi connectivity index (χ0v) is 28.2. The Morgan fingerprint density at radius 3 is 2.34 bits per heavy atom. The minimum absolute atomic E-state index is 0.0691. The normalized spacial score (nSPS) is 12.0. The summed E-state index contributed by atoms with van der Waals surface area (Å²) >= 11 is 0. The molecule has 0 spiro atoms. The second-order valence-corrected chi connectivity index (χ2v) is 11.0. The molecular formula is C36H38N6O8. The van der Waals surface area contributed by atoms with Crippen LogP contribution < -0.4 is 26.1 Å². The van der Waals surface area contributed by atoms with Gasteiger partial charge in [0.1, 0.15) is 40.8 Å². The Balaban J connectivity index is 0.000000860. The van der Waals surface area contributed by atoms with Gasteiger partial charge in [-0.05, 0) is 70.2 Å². The summed E-state index contributed by atoms with van der Waals surface area (Å²) in [6, 6.07) is 18.6. The first-order valence-electron chi connectivity index (χ1n) is 15.5. The van der Waals surface area contributed by atoms with E-state index in [0.717, 1.165) is 11.5 Å². The number of anilines is 1. The van der Waals surface area contributed by atoms with Gasteiger partial charge in [-0.3, -0.25) is 24.0 Å². The predicted molar refractivity (Wildman–Crippen MR) is 187 cm³/mol. The Morgan fingerprint density at radius 1 is 1.02 bits per heavy atom. The van der Waals surface area contributed by atoms with Crippen LogP contribution in [0.3, 0.4) is 0 Å². The molecule has 1 amide bonds. The maximum absolute atomic E-state index is 13.7. The number of nitrogens with two attached hydrogens (primary N) is 1. The minimum Gasteiger partial charge on any atom is -0.497 e. The number of amides is 1. The highest BCUT2D eigenvalue weighted by molar-refractivity contribution is 6.04. The second-order valence-electron chi connectivity index (χ2n) is 11.0. The Labute approximate surface area is 287 Å². The van der Waals surface area contributed by atoms with Gasteiger partial charge >= 0.3 is 11.9 Å². The van der Waals surface area contributed by atoms with E-state index in [1.54, 1.807) is 81.2 Å². The molecule has 0 radical (unpaired) electrons. The molecule has 14 nitrogen and oxygen atoms in total. The molecule has 0 aliphatic heterocycles. The smallest absolute Gasteiger partial charge is 0.327 e. The van der Waals surface area contributed by atoms with Crippen molar-refractivity contribution in [3.8, 4) is 22.9 Å². The number of aliphatic carboxylic acids is 1. The molecule has 0 unspecified atom stereocenters. The highest BCUT2D eigenvalue weighted by atomic mass is 16.5. The first-order valence-corrected chi connectivity index (χ1v) is 15.5. The molecule has 2 aromatic carbocycles. The molecule has 5 aromatic rings. The molecule has 0 bridgehead atoms. The first kappa shape index (κ1) is 36.6. The van der Waals surface area contributed by atoms with Gasteiger partial charge in [-0.2, -0.15) is 0 Å². The molecule has 0 saturated heterocycles. The molecular weight excluding hydrogens is 644 g/mol. The third-order valence-corrected chi connectivity index (χ3v) is 7.17. The van der Waals surface area contributed by atoms with Crippen molar-refractivity contribution in [3.05, 3.63) is 113 Å². The SMILES string of the molecule is C/C=C/C(=O)O.COc1ccc2c(Oc3ccc(NC(=O)c4c(C)n(C[C@@H](C)OC(=O)[C@H](C)N)n(-c5ccccc5)c4=O)nc3)ccnc2c1. The number of pyridine rings is 2. The summed E-state index contributed by atoms with van der Waals surface area (Å²) in [5.41, 5.74) is 6.69. The topological polar surface area (TPSA) is 190 Å². The van der Waals surface area contributed by atoms with E-state index in [2.05, 4.69) is 15.3 Å². The van der Waals surface area contributed by atoms with Gasteiger partial charge in [0, 0.05) is 23.7 Å². The van der Waals surface area contributed by atoms with Gasteiger partial charge in [0.2, 0.25) is 0 Å². The average molecular weight is 683 g/mol. The van der Waals surface area contributed by atoms with Crippen molar-refractivity contribution in [1.29, 1.82) is 0 Å². The quantitative estimate of drug-likeness (QED) is 0.127. The van der Waals surface area contributed by atoms with Crippen molar-refractivity contribution in [2.75, 3.05) is 12.4 Å². The molecule has 2 atom stereocenters. The van der Waals surface area contributed by atoms with Crippen LogP contribution >= 0.6 is 0 Å². The lowest BCUT2D eigenvalue weighted by Gasteiger charge is -2.19. The van der Waals surface area contributed by atoms with Crippen LogP contribution in [0.15, 0.2) is 96.1 Å². The van der Waals surface area contributed by atoms with E-state index < -0.39 is 35.6 Å². The number of hydrogen-bond donors (Lipinski definition) is 3. The van der Waals surface area contributed by atoms with E-state index in [-0.39, 0.29) is 17.9 Å². The maximum Gasteiger partial charge on any atom is 0.327 e. The van der Waals surface area contributed by atoms with Crippen LogP contribution in [0.25, 0.3) is 16.6 Å². The van der Waals surface area contributed by atoms with Crippen LogP contribution in [0.1, 0.15) is 36.8 Å².